The van der Waals surface area contributed by atoms with Gasteiger partial charge in [0.15, 0.2) is 5.82 Å². The molecule has 2 rings (SSSR count). The van der Waals surface area contributed by atoms with Crippen molar-refractivity contribution in [2.24, 2.45) is 0 Å². The van der Waals surface area contributed by atoms with Crippen LogP contribution in [-0.4, -0.2) is 40.7 Å². The van der Waals surface area contributed by atoms with Crippen LogP contribution < -0.4 is 5.32 Å². The van der Waals surface area contributed by atoms with E-state index in [2.05, 4.69) is 34.2 Å². The van der Waals surface area contributed by atoms with Crippen molar-refractivity contribution in [1.29, 1.82) is 0 Å². The zero-order valence-corrected chi connectivity index (χ0v) is 10.1. The van der Waals surface area contributed by atoms with Gasteiger partial charge in [-0.05, 0) is 13.3 Å². The molecule has 0 aliphatic carbocycles. The minimum absolute atomic E-state index is 0.548. The molecule has 0 bridgehead atoms. The van der Waals surface area contributed by atoms with E-state index in [1.54, 1.807) is 0 Å². The molecular formula is C11H20N4O. The van der Waals surface area contributed by atoms with E-state index in [0.717, 1.165) is 50.7 Å². The fourth-order valence-electron chi connectivity index (χ4n) is 2.03. The molecule has 5 nitrogen and oxygen atoms in total. The minimum Gasteiger partial charge on any atom is -0.338 e. The summed E-state index contributed by atoms with van der Waals surface area (Å²) in [7, 11) is 0. The maximum atomic E-state index is 5.23. The molecule has 1 saturated heterocycles. The standard InChI is InChI=1S/C11H20N4O/c1-3-4-10-13-11(16-14-10)8-15-6-5-12-9(2)7-15/h9,12H,3-8H2,1-2H3. The van der Waals surface area contributed by atoms with Crippen molar-refractivity contribution in [3.8, 4) is 0 Å². The van der Waals surface area contributed by atoms with E-state index in [1.807, 2.05) is 0 Å². The second kappa shape index (κ2) is 5.41. The number of rotatable bonds is 4. The Bertz CT molecular complexity index is 326. The summed E-state index contributed by atoms with van der Waals surface area (Å²) < 4.78 is 5.23. The summed E-state index contributed by atoms with van der Waals surface area (Å²) in [6, 6.07) is 0.548. The summed E-state index contributed by atoms with van der Waals surface area (Å²) in [4.78, 5) is 6.73. The van der Waals surface area contributed by atoms with Gasteiger partial charge in [-0.25, -0.2) is 0 Å². The molecule has 0 amide bonds. The lowest BCUT2D eigenvalue weighted by molar-refractivity contribution is 0.177. The van der Waals surface area contributed by atoms with Crippen LogP contribution >= 0.6 is 0 Å². The quantitative estimate of drug-likeness (QED) is 0.820. The molecule has 1 atom stereocenters. The van der Waals surface area contributed by atoms with Crippen molar-refractivity contribution in [3.63, 3.8) is 0 Å². The monoisotopic (exact) mass is 224 g/mol. The van der Waals surface area contributed by atoms with Crippen LogP contribution in [0.4, 0.5) is 0 Å². The van der Waals surface area contributed by atoms with Gasteiger partial charge in [0, 0.05) is 32.1 Å². The van der Waals surface area contributed by atoms with E-state index in [0.29, 0.717) is 6.04 Å². The molecule has 0 radical (unpaired) electrons. The first-order valence-corrected chi connectivity index (χ1v) is 6.05. The Balaban J connectivity index is 1.87. The van der Waals surface area contributed by atoms with Crippen LogP contribution in [0.3, 0.4) is 0 Å². The molecule has 0 saturated carbocycles. The van der Waals surface area contributed by atoms with E-state index < -0.39 is 0 Å². The highest BCUT2D eigenvalue weighted by molar-refractivity contribution is 4.87. The highest BCUT2D eigenvalue weighted by Gasteiger charge is 2.17. The molecule has 0 spiro atoms. The van der Waals surface area contributed by atoms with Gasteiger partial charge in [-0.1, -0.05) is 12.1 Å². The molecule has 1 aromatic heterocycles. The first-order chi connectivity index (χ1) is 7.78. The molecule has 2 heterocycles. The van der Waals surface area contributed by atoms with Gasteiger partial charge in [-0.2, -0.15) is 4.98 Å². The van der Waals surface area contributed by atoms with Gasteiger partial charge >= 0.3 is 0 Å². The maximum absolute atomic E-state index is 5.23. The van der Waals surface area contributed by atoms with Gasteiger partial charge in [0.1, 0.15) is 0 Å². The predicted octanol–water partition coefficient (Wildman–Crippen LogP) is 0.816. The van der Waals surface area contributed by atoms with E-state index in [4.69, 9.17) is 4.52 Å². The van der Waals surface area contributed by atoms with Gasteiger partial charge < -0.3 is 9.84 Å². The van der Waals surface area contributed by atoms with Crippen LogP contribution in [0.2, 0.25) is 0 Å². The molecule has 1 unspecified atom stereocenters. The van der Waals surface area contributed by atoms with E-state index in [1.165, 1.54) is 0 Å². The molecule has 90 valence electrons. The zero-order chi connectivity index (χ0) is 11.4. The predicted molar refractivity (Wildman–Crippen MR) is 61.0 cm³/mol. The van der Waals surface area contributed by atoms with Crippen molar-refractivity contribution in [2.45, 2.75) is 39.3 Å². The zero-order valence-electron chi connectivity index (χ0n) is 10.1. The maximum Gasteiger partial charge on any atom is 0.240 e. The fourth-order valence-corrected chi connectivity index (χ4v) is 2.03. The average Bonchev–Trinajstić information content (AvgIpc) is 2.66. The van der Waals surface area contributed by atoms with E-state index in [9.17, 15) is 0 Å². The van der Waals surface area contributed by atoms with Crippen LogP contribution in [0.15, 0.2) is 4.52 Å². The second-order valence-electron chi connectivity index (χ2n) is 4.44. The third-order valence-electron chi connectivity index (χ3n) is 2.80. The van der Waals surface area contributed by atoms with Crippen LogP contribution in [0.5, 0.6) is 0 Å². The topological polar surface area (TPSA) is 54.2 Å². The van der Waals surface area contributed by atoms with Gasteiger partial charge in [0.25, 0.3) is 0 Å². The molecular weight excluding hydrogens is 204 g/mol. The minimum atomic E-state index is 0.548. The Morgan fingerprint density at radius 1 is 1.56 bits per heavy atom. The molecule has 16 heavy (non-hydrogen) atoms. The van der Waals surface area contributed by atoms with Crippen LogP contribution in [0, 0.1) is 0 Å². The van der Waals surface area contributed by atoms with Crippen molar-refractivity contribution >= 4 is 0 Å². The highest BCUT2D eigenvalue weighted by Crippen LogP contribution is 2.06. The highest BCUT2D eigenvalue weighted by atomic mass is 16.5. The van der Waals surface area contributed by atoms with Gasteiger partial charge in [0.05, 0.1) is 6.54 Å². The molecule has 1 aromatic rings. The third kappa shape index (κ3) is 3.02. The first-order valence-electron chi connectivity index (χ1n) is 6.05. The fraction of sp³-hybridized carbons (Fsp3) is 0.818. The van der Waals surface area contributed by atoms with Crippen LogP contribution in [0.25, 0.3) is 0 Å². The smallest absolute Gasteiger partial charge is 0.240 e. The van der Waals surface area contributed by atoms with Gasteiger partial charge in [-0.15, -0.1) is 0 Å². The summed E-state index contributed by atoms with van der Waals surface area (Å²) in [6.07, 6.45) is 1.96. The lowest BCUT2D eigenvalue weighted by Gasteiger charge is -2.30. The second-order valence-corrected chi connectivity index (χ2v) is 4.44. The Kier molecular flexibility index (Phi) is 3.90. The van der Waals surface area contributed by atoms with Crippen molar-refractivity contribution < 1.29 is 4.52 Å². The summed E-state index contributed by atoms with van der Waals surface area (Å²) >= 11 is 0. The largest absolute Gasteiger partial charge is 0.338 e. The number of hydrogen-bond donors (Lipinski definition) is 1. The summed E-state index contributed by atoms with van der Waals surface area (Å²) in [5.41, 5.74) is 0. The molecule has 0 aromatic carbocycles. The Hall–Kier alpha value is -0.940. The molecule has 1 aliphatic rings. The number of hydrogen-bond acceptors (Lipinski definition) is 5. The van der Waals surface area contributed by atoms with Crippen LogP contribution in [-0.2, 0) is 13.0 Å². The van der Waals surface area contributed by atoms with Crippen LogP contribution in [0.1, 0.15) is 32.0 Å². The average molecular weight is 224 g/mol. The Morgan fingerprint density at radius 3 is 3.19 bits per heavy atom. The normalized spacial score (nSPS) is 22.5. The summed E-state index contributed by atoms with van der Waals surface area (Å²) in [5, 5.41) is 7.38. The lowest BCUT2D eigenvalue weighted by Crippen LogP contribution is -2.48. The SMILES string of the molecule is CCCc1noc(CN2CCNC(C)C2)n1. The number of nitrogens with zero attached hydrogens (tertiary/aromatic N) is 3. The van der Waals surface area contributed by atoms with Crippen molar-refractivity contribution in [3.05, 3.63) is 11.7 Å². The number of nitrogens with one attached hydrogen (secondary N) is 1. The molecule has 1 N–H and O–H groups in total. The third-order valence-corrected chi connectivity index (χ3v) is 2.80. The van der Waals surface area contributed by atoms with E-state index in [-0.39, 0.29) is 0 Å². The molecule has 5 heteroatoms. The van der Waals surface area contributed by atoms with Crippen molar-refractivity contribution in [2.75, 3.05) is 19.6 Å². The van der Waals surface area contributed by atoms with Crippen molar-refractivity contribution in [1.82, 2.24) is 20.4 Å². The Labute approximate surface area is 96.2 Å². The van der Waals surface area contributed by atoms with E-state index >= 15 is 0 Å². The first kappa shape index (κ1) is 11.5. The Morgan fingerprint density at radius 2 is 2.44 bits per heavy atom. The number of aromatic nitrogens is 2. The molecule has 1 fully saturated rings. The summed E-state index contributed by atoms with van der Waals surface area (Å²) in [6.45, 7) is 8.23. The number of aryl methyl sites for hydroxylation is 1. The molecule has 1 aliphatic heterocycles. The lowest BCUT2D eigenvalue weighted by atomic mass is 10.2. The number of piperazine rings is 1. The van der Waals surface area contributed by atoms with Gasteiger partial charge in [-0.3, -0.25) is 4.90 Å². The van der Waals surface area contributed by atoms with Gasteiger partial charge in [0.2, 0.25) is 5.89 Å². The summed E-state index contributed by atoms with van der Waals surface area (Å²) in [5.74, 6) is 1.58.